The summed E-state index contributed by atoms with van der Waals surface area (Å²) in [6, 6.07) is 1.45. The van der Waals surface area contributed by atoms with Crippen LogP contribution in [-0.2, 0) is 0 Å². The molecule has 1 heterocycles. The van der Waals surface area contributed by atoms with Gasteiger partial charge in [-0.1, -0.05) is 27.2 Å². The standard InChI is InChI=1S/C18H37N3/c1-6-19-17-15(9-7-11-18(17,2)3)13-21-12-8-10-16(14-21)20(4)5/h15-17,19H,6-14H2,1-5H3. The zero-order valence-electron chi connectivity index (χ0n) is 15.0. The molecule has 0 spiro atoms. The lowest BCUT2D eigenvalue weighted by molar-refractivity contribution is 0.0577. The summed E-state index contributed by atoms with van der Waals surface area (Å²) in [7, 11) is 4.47. The van der Waals surface area contributed by atoms with E-state index < -0.39 is 0 Å². The van der Waals surface area contributed by atoms with Crippen LogP contribution in [0.15, 0.2) is 0 Å². The predicted molar refractivity (Wildman–Crippen MR) is 91.7 cm³/mol. The average molecular weight is 296 g/mol. The first-order valence-corrected chi connectivity index (χ1v) is 9.06. The molecule has 0 amide bonds. The van der Waals surface area contributed by atoms with Crippen molar-refractivity contribution in [3.63, 3.8) is 0 Å². The molecule has 2 fully saturated rings. The third-order valence-electron chi connectivity index (χ3n) is 5.84. The first-order chi connectivity index (χ1) is 9.94. The molecule has 0 aromatic carbocycles. The van der Waals surface area contributed by atoms with Gasteiger partial charge in [-0.3, -0.25) is 0 Å². The SMILES string of the molecule is CCNC1C(CN2CCCC(N(C)C)C2)CCCC1(C)C. The lowest BCUT2D eigenvalue weighted by atomic mass is 9.67. The van der Waals surface area contributed by atoms with Gasteiger partial charge in [-0.05, 0) is 64.2 Å². The minimum atomic E-state index is 0.454. The van der Waals surface area contributed by atoms with E-state index >= 15 is 0 Å². The van der Waals surface area contributed by atoms with E-state index in [1.165, 1.54) is 51.7 Å². The van der Waals surface area contributed by atoms with Gasteiger partial charge < -0.3 is 15.1 Å². The van der Waals surface area contributed by atoms with Crippen molar-refractivity contribution in [1.29, 1.82) is 0 Å². The summed E-state index contributed by atoms with van der Waals surface area (Å²) in [5, 5.41) is 3.81. The number of rotatable bonds is 5. The first kappa shape index (κ1) is 17.2. The van der Waals surface area contributed by atoms with Crippen molar-refractivity contribution in [2.45, 2.75) is 65.0 Å². The van der Waals surface area contributed by atoms with Crippen LogP contribution in [0.2, 0.25) is 0 Å². The van der Waals surface area contributed by atoms with Crippen molar-refractivity contribution >= 4 is 0 Å². The van der Waals surface area contributed by atoms with Crippen molar-refractivity contribution in [1.82, 2.24) is 15.1 Å². The molecule has 0 aromatic heterocycles. The van der Waals surface area contributed by atoms with Gasteiger partial charge in [-0.25, -0.2) is 0 Å². The smallest absolute Gasteiger partial charge is 0.0217 e. The zero-order chi connectivity index (χ0) is 15.5. The zero-order valence-corrected chi connectivity index (χ0v) is 15.0. The van der Waals surface area contributed by atoms with Gasteiger partial charge >= 0.3 is 0 Å². The fourth-order valence-electron chi connectivity index (χ4n) is 4.59. The molecule has 1 aliphatic heterocycles. The van der Waals surface area contributed by atoms with E-state index in [1.54, 1.807) is 0 Å². The Balaban J connectivity index is 1.96. The summed E-state index contributed by atoms with van der Waals surface area (Å²) in [6.45, 7) is 12.2. The summed E-state index contributed by atoms with van der Waals surface area (Å²) in [5.74, 6) is 0.828. The van der Waals surface area contributed by atoms with Gasteiger partial charge in [0.25, 0.3) is 0 Å². The number of hydrogen-bond donors (Lipinski definition) is 1. The molecule has 1 N–H and O–H groups in total. The minimum Gasteiger partial charge on any atom is -0.313 e. The van der Waals surface area contributed by atoms with Crippen LogP contribution < -0.4 is 5.32 Å². The second-order valence-electron chi connectivity index (χ2n) is 8.20. The highest BCUT2D eigenvalue weighted by molar-refractivity contribution is 4.95. The van der Waals surface area contributed by atoms with Crippen LogP contribution in [0.4, 0.5) is 0 Å². The maximum Gasteiger partial charge on any atom is 0.0217 e. The molecule has 0 bridgehead atoms. The molecule has 124 valence electrons. The normalized spacial score (nSPS) is 34.3. The highest BCUT2D eigenvalue weighted by Gasteiger charge is 2.39. The molecule has 3 unspecified atom stereocenters. The van der Waals surface area contributed by atoms with Gasteiger partial charge in [-0.2, -0.15) is 0 Å². The lowest BCUT2D eigenvalue weighted by Gasteiger charge is -2.47. The monoisotopic (exact) mass is 295 g/mol. The Morgan fingerprint density at radius 3 is 2.62 bits per heavy atom. The maximum atomic E-state index is 3.81. The third-order valence-corrected chi connectivity index (χ3v) is 5.84. The summed E-state index contributed by atoms with van der Waals surface area (Å²) in [6.07, 6.45) is 6.93. The van der Waals surface area contributed by atoms with Crippen LogP contribution in [0.5, 0.6) is 0 Å². The van der Waals surface area contributed by atoms with E-state index in [4.69, 9.17) is 0 Å². The topological polar surface area (TPSA) is 18.5 Å². The van der Waals surface area contributed by atoms with Gasteiger partial charge in [0.1, 0.15) is 0 Å². The Hall–Kier alpha value is -0.120. The Labute approximate surface area is 132 Å². The summed E-state index contributed by atoms with van der Waals surface area (Å²) in [4.78, 5) is 5.16. The Kier molecular flexibility index (Phi) is 6.10. The number of likely N-dealkylation sites (N-methyl/N-ethyl adjacent to an activating group) is 1. The molecular weight excluding hydrogens is 258 g/mol. The molecule has 1 saturated heterocycles. The van der Waals surface area contributed by atoms with Gasteiger partial charge in [0, 0.05) is 25.2 Å². The van der Waals surface area contributed by atoms with Gasteiger partial charge in [0.15, 0.2) is 0 Å². The van der Waals surface area contributed by atoms with E-state index in [0.717, 1.165) is 18.5 Å². The lowest BCUT2D eigenvalue weighted by Crippen LogP contribution is -2.54. The van der Waals surface area contributed by atoms with Gasteiger partial charge in [0.2, 0.25) is 0 Å². The molecule has 1 saturated carbocycles. The van der Waals surface area contributed by atoms with Crippen LogP contribution >= 0.6 is 0 Å². The maximum absolute atomic E-state index is 3.81. The predicted octanol–water partition coefficient (Wildman–Crippen LogP) is 2.82. The molecule has 0 aromatic rings. The van der Waals surface area contributed by atoms with Crippen molar-refractivity contribution in [3.8, 4) is 0 Å². The summed E-state index contributed by atoms with van der Waals surface area (Å²) in [5.41, 5.74) is 0.454. The quantitative estimate of drug-likeness (QED) is 0.841. The highest BCUT2D eigenvalue weighted by Crippen LogP contribution is 2.39. The van der Waals surface area contributed by atoms with Crippen LogP contribution in [0.1, 0.15) is 52.9 Å². The molecule has 21 heavy (non-hydrogen) atoms. The van der Waals surface area contributed by atoms with Crippen molar-refractivity contribution in [3.05, 3.63) is 0 Å². The number of nitrogens with one attached hydrogen (secondary N) is 1. The van der Waals surface area contributed by atoms with Crippen molar-refractivity contribution < 1.29 is 0 Å². The van der Waals surface area contributed by atoms with E-state index in [1.807, 2.05) is 0 Å². The molecule has 3 atom stereocenters. The van der Waals surface area contributed by atoms with Crippen LogP contribution in [-0.4, -0.2) is 62.2 Å². The number of nitrogens with zero attached hydrogens (tertiary/aromatic N) is 2. The fraction of sp³-hybridized carbons (Fsp3) is 1.00. The van der Waals surface area contributed by atoms with Crippen molar-refractivity contribution in [2.75, 3.05) is 40.3 Å². The molecular formula is C18H37N3. The molecule has 3 nitrogen and oxygen atoms in total. The highest BCUT2D eigenvalue weighted by atomic mass is 15.2. The Morgan fingerprint density at radius 1 is 1.19 bits per heavy atom. The minimum absolute atomic E-state index is 0.454. The Morgan fingerprint density at radius 2 is 1.95 bits per heavy atom. The third kappa shape index (κ3) is 4.43. The number of likely N-dealkylation sites (tertiary alicyclic amines) is 1. The van der Waals surface area contributed by atoms with Crippen LogP contribution in [0, 0.1) is 11.3 Å². The van der Waals surface area contributed by atoms with E-state index in [-0.39, 0.29) is 0 Å². The average Bonchev–Trinajstić information content (AvgIpc) is 2.43. The van der Waals surface area contributed by atoms with Crippen LogP contribution in [0.3, 0.4) is 0 Å². The molecule has 3 heteroatoms. The van der Waals surface area contributed by atoms with Gasteiger partial charge in [-0.15, -0.1) is 0 Å². The number of hydrogen-bond acceptors (Lipinski definition) is 3. The second kappa shape index (κ2) is 7.43. The molecule has 0 radical (unpaired) electrons. The van der Waals surface area contributed by atoms with Crippen LogP contribution in [0.25, 0.3) is 0 Å². The number of piperidine rings is 1. The molecule has 2 aliphatic rings. The molecule has 1 aliphatic carbocycles. The van der Waals surface area contributed by atoms with Crippen molar-refractivity contribution in [2.24, 2.45) is 11.3 Å². The summed E-state index contributed by atoms with van der Waals surface area (Å²) >= 11 is 0. The molecule has 2 rings (SSSR count). The van der Waals surface area contributed by atoms with E-state index in [0.29, 0.717) is 11.5 Å². The van der Waals surface area contributed by atoms with E-state index in [2.05, 4.69) is 50.0 Å². The summed E-state index contributed by atoms with van der Waals surface area (Å²) < 4.78 is 0. The first-order valence-electron chi connectivity index (χ1n) is 9.06. The second-order valence-corrected chi connectivity index (χ2v) is 8.20. The van der Waals surface area contributed by atoms with Gasteiger partial charge in [0.05, 0.1) is 0 Å². The largest absolute Gasteiger partial charge is 0.313 e. The Bertz CT molecular complexity index is 314. The fourth-order valence-corrected chi connectivity index (χ4v) is 4.59. The van der Waals surface area contributed by atoms with E-state index in [9.17, 15) is 0 Å².